The van der Waals surface area contributed by atoms with E-state index in [1.807, 2.05) is 6.92 Å². The molecule has 1 atom stereocenters. The average Bonchev–Trinajstić information content (AvgIpc) is 3.18. The normalized spacial score (nSPS) is 16.6. The van der Waals surface area contributed by atoms with Gasteiger partial charge in [0.1, 0.15) is 6.54 Å². The molecule has 1 fully saturated rings. The van der Waals surface area contributed by atoms with Crippen molar-refractivity contribution < 1.29 is 9.59 Å². The van der Waals surface area contributed by atoms with Crippen molar-refractivity contribution in [3.8, 4) is 0 Å². The Hall–Kier alpha value is -2.63. The number of hydrogen-bond acceptors (Lipinski definition) is 4. The third-order valence-electron chi connectivity index (χ3n) is 5.36. The predicted molar refractivity (Wildman–Crippen MR) is 106 cm³/mol. The highest BCUT2D eigenvalue weighted by Gasteiger charge is 2.24. The molecule has 0 saturated carbocycles. The van der Waals surface area contributed by atoms with Gasteiger partial charge in [-0.05, 0) is 51.7 Å². The van der Waals surface area contributed by atoms with Crippen LogP contribution < -0.4 is 10.2 Å². The Bertz CT molecular complexity index is 856. The van der Waals surface area contributed by atoms with Crippen molar-refractivity contribution in [1.29, 1.82) is 0 Å². The van der Waals surface area contributed by atoms with Crippen molar-refractivity contribution in [3.63, 3.8) is 0 Å². The smallest absolute Gasteiger partial charge is 0.241 e. The van der Waals surface area contributed by atoms with Gasteiger partial charge in [0.05, 0.1) is 11.3 Å². The molecular weight excluding hydrogens is 340 g/mol. The largest absolute Gasteiger partial charge is 0.371 e. The summed E-state index contributed by atoms with van der Waals surface area (Å²) in [6.45, 7) is 10.1. The second-order valence-corrected chi connectivity index (χ2v) is 7.45. The van der Waals surface area contributed by atoms with Gasteiger partial charge in [0, 0.05) is 31.0 Å². The van der Waals surface area contributed by atoms with Gasteiger partial charge in [0.15, 0.2) is 5.78 Å². The highest BCUT2D eigenvalue weighted by atomic mass is 16.2. The second-order valence-electron chi connectivity index (χ2n) is 7.45. The van der Waals surface area contributed by atoms with Gasteiger partial charge >= 0.3 is 0 Å². The number of carbonyl (C=O) groups is 2. The maximum Gasteiger partial charge on any atom is 0.241 e. The molecule has 6 heteroatoms. The number of hydrogen-bond donors (Lipinski definition) is 1. The lowest BCUT2D eigenvalue weighted by Crippen LogP contribution is -2.33. The molecule has 1 N–H and O–H groups in total. The number of carbonyl (C=O) groups excluding carboxylic acids is 2. The molecule has 1 aromatic heterocycles. The van der Waals surface area contributed by atoms with Crippen LogP contribution in [-0.2, 0) is 11.3 Å². The highest BCUT2D eigenvalue weighted by molar-refractivity contribution is 5.96. The number of anilines is 1. The number of amides is 1. The molecular formula is C21H28N4O2. The minimum absolute atomic E-state index is 0.0149. The van der Waals surface area contributed by atoms with E-state index in [4.69, 9.17) is 0 Å². The van der Waals surface area contributed by atoms with E-state index in [0.29, 0.717) is 23.7 Å². The highest BCUT2D eigenvalue weighted by Crippen LogP contribution is 2.26. The predicted octanol–water partition coefficient (Wildman–Crippen LogP) is 2.65. The molecule has 27 heavy (non-hydrogen) atoms. The van der Waals surface area contributed by atoms with Crippen molar-refractivity contribution >= 4 is 17.4 Å². The third-order valence-corrected chi connectivity index (χ3v) is 5.36. The fraction of sp³-hybridized carbons (Fsp3) is 0.476. The third kappa shape index (κ3) is 4.21. The zero-order valence-electron chi connectivity index (χ0n) is 16.6. The van der Waals surface area contributed by atoms with Crippen molar-refractivity contribution in [2.75, 3.05) is 24.5 Å². The Kier molecular flexibility index (Phi) is 5.63. The van der Waals surface area contributed by atoms with Crippen LogP contribution in [-0.4, -0.2) is 41.1 Å². The van der Waals surface area contributed by atoms with Gasteiger partial charge in [-0.1, -0.05) is 18.2 Å². The van der Waals surface area contributed by atoms with Gasteiger partial charge in [-0.3, -0.25) is 14.3 Å². The first-order valence-electron chi connectivity index (χ1n) is 9.49. The van der Waals surface area contributed by atoms with E-state index in [9.17, 15) is 9.59 Å². The molecule has 2 heterocycles. The Morgan fingerprint density at radius 1 is 1.22 bits per heavy atom. The van der Waals surface area contributed by atoms with Crippen LogP contribution in [0.1, 0.15) is 40.7 Å². The van der Waals surface area contributed by atoms with Crippen LogP contribution in [0.5, 0.6) is 0 Å². The number of nitrogens with zero attached hydrogens (tertiary/aromatic N) is 3. The van der Waals surface area contributed by atoms with Crippen LogP contribution in [0.4, 0.5) is 5.69 Å². The number of benzene rings is 1. The van der Waals surface area contributed by atoms with Gasteiger partial charge in [0.2, 0.25) is 5.91 Å². The molecule has 0 bridgehead atoms. The molecule has 144 valence electrons. The fourth-order valence-electron chi connectivity index (χ4n) is 3.95. The number of para-hydroxylation sites is 1. The molecule has 1 aliphatic rings. The number of aromatic nitrogens is 2. The van der Waals surface area contributed by atoms with Crippen LogP contribution in [0, 0.1) is 26.7 Å². The summed E-state index contributed by atoms with van der Waals surface area (Å²) in [7, 11) is 0. The number of aryl methyl sites for hydroxylation is 2. The van der Waals surface area contributed by atoms with Crippen LogP contribution in [0.25, 0.3) is 0 Å². The molecule has 1 aromatic carbocycles. The summed E-state index contributed by atoms with van der Waals surface area (Å²) in [4.78, 5) is 26.4. The number of ketones is 1. The quantitative estimate of drug-likeness (QED) is 0.796. The molecule has 6 nitrogen and oxygen atoms in total. The summed E-state index contributed by atoms with van der Waals surface area (Å²) in [6, 6.07) is 8.42. The first-order chi connectivity index (χ1) is 12.9. The van der Waals surface area contributed by atoms with E-state index in [0.717, 1.165) is 25.2 Å². The summed E-state index contributed by atoms with van der Waals surface area (Å²) in [5.41, 5.74) is 4.62. The lowest BCUT2D eigenvalue weighted by Gasteiger charge is -2.21. The number of rotatable bonds is 6. The summed E-state index contributed by atoms with van der Waals surface area (Å²) < 4.78 is 1.62. The van der Waals surface area contributed by atoms with E-state index in [1.165, 1.54) is 18.2 Å². The van der Waals surface area contributed by atoms with Crippen molar-refractivity contribution in [2.45, 2.75) is 40.7 Å². The molecule has 1 aliphatic heterocycles. The Morgan fingerprint density at radius 3 is 2.63 bits per heavy atom. The van der Waals surface area contributed by atoms with E-state index in [2.05, 4.69) is 46.5 Å². The summed E-state index contributed by atoms with van der Waals surface area (Å²) >= 11 is 0. The first kappa shape index (κ1) is 19.1. The minimum atomic E-state index is -0.0648. The molecule has 0 aliphatic carbocycles. The van der Waals surface area contributed by atoms with Crippen molar-refractivity contribution in [3.05, 3.63) is 46.8 Å². The average molecular weight is 368 g/mol. The van der Waals surface area contributed by atoms with Crippen LogP contribution in [0.15, 0.2) is 24.3 Å². The first-order valence-corrected chi connectivity index (χ1v) is 9.49. The van der Waals surface area contributed by atoms with E-state index in [1.54, 1.807) is 11.6 Å². The zero-order valence-corrected chi connectivity index (χ0v) is 16.6. The monoisotopic (exact) mass is 368 g/mol. The van der Waals surface area contributed by atoms with Gasteiger partial charge in [-0.15, -0.1) is 0 Å². The second kappa shape index (κ2) is 7.94. The van der Waals surface area contributed by atoms with Crippen LogP contribution in [0.3, 0.4) is 0 Å². The standard InChI is InChI=1S/C21H28N4O2/c1-14-7-5-6-8-19(14)24-10-9-18(12-24)11-22-20(27)13-25-16(3)21(17(4)26)15(2)23-25/h5-8,18H,9-13H2,1-4H3,(H,22,27)/t18-/m0/s1. The van der Waals surface area contributed by atoms with Gasteiger partial charge in [0.25, 0.3) is 0 Å². The SMILES string of the molecule is CC(=O)c1c(C)nn(CC(=O)NC[C@@H]2CCN(c3ccccc3C)C2)c1C. The topological polar surface area (TPSA) is 67.2 Å². The minimum Gasteiger partial charge on any atom is -0.371 e. The molecule has 3 rings (SSSR count). The molecule has 1 amide bonds. The van der Waals surface area contributed by atoms with Gasteiger partial charge < -0.3 is 10.2 Å². The summed E-state index contributed by atoms with van der Waals surface area (Å²) in [6.07, 6.45) is 1.07. The van der Waals surface area contributed by atoms with E-state index in [-0.39, 0.29) is 18.2 Å². The molecule has 1 saturated heterocycles. The number of Topliss-reactive ketones (excluding diaryl/α,β-unsaturated/α-hetero) is 1. The maximum absolute atomic E-state index is 12.3. The molecule has 0 spiro atoms. The summed E-state index contributed by atoms with van der Waals surface area (Å²) in [5, 5.41) is 7.37. The van der Waals surface area contributed by atoms with Gasteiger partial charge in [-0.2, -0.15) is 5.10 Å². The molecule has 2 aromatic rings. The van der Waals surface area contributed by atoms with Crippen molar-refractivity contribution in [2.24, 2.45) is 5.92 Å². The molecule has 0 unspecified atom stereocenters. The fourth-order valence-corrected chi connectivity index (χ4v) is 3.95. The Morgan fingerprint density at radius 2 is 1.96 bits per heavy atom. The molecule has 0 radical (unpaired) electrons. The summed E-state index contributed by atoms with van der Waals surface area (Å²) in [5.74, 6) is 0.366. The van der Waals surface area contributed by atoms with E-state index >= 15 is 0 Å². The van der Waals surface area contributed by atoms with Crippen LogP contribution >= 0.6 is 0 Å². The van der Waals surface area contributed by atoms with Crippen LogP contribution in [0.2, 0.25) is 0 Å². The zero-order chi connectivity index (χ0) is 19.6. The number of nitrogens with one attached hydrogen (secondary N) is 1. The van der Waals surface area contributed by atoms with Crippen molar-refractivity contribution in [1.82, 2.24) is 15.1 Å². The van der Waals surface area contributed by atoms with Gasteiger partial charge in [-0.25, -0.2) is 0 Å². The lowest BCUT2D eigenvalue weighted by atomic mass is 10.1. The lowest BCUT2D eigenvalue weighted by molar-refractivity contribution is -0.122. The van der Waals surface area contributed by atoms with E-state index < -0.39 is 0 Å². The maximum atomic E-state index is 12.3. The Labute approximate surface area is 160 Å². The Balaban J connectivity index is 1.53.